The van der Waals surface area contributed by atoms with E-state index >= 15 is 0 Å². The Kier molecular flexibility index (Phi) is 5.07. The molecule has 0 saturated heterocycles. The molecule has 1 atom stereocenters. The lowest BCUT2D eigenvalue weighted by Crippen LogP contribution is -2.22. The molecule has 5 heteroatoms. The Morgan fingerprint density at radius 3 is 2.63 bits per heavy atom. The fourth-order valence-electron chi connectivity index (χ4n) is 1.97. The van der Waals surface area contributed by atoms with Gasteiger partial charge in [-0.05, 0) is 46.7 Å². The van der Waals surface area contributed by atoms with Crippen molar-refractivity contribution in [1.29, 1.82) is 0 Å². The van der Waals surface area contributed by atoms with Gasteiger partial charge in [0.25, 0.3) is 0 Å². The normalized spacial score (nSPS) is 12.4. The first-order valence-electron chi connectivity index (χ1n) is 5.97. The molecular weight excluding hydrogens is 374 g/mol. The molecule has 0 fully saturated rings. The molecule has 1 aromatic carbocycles. The average molecular weight is 389 g/mol. The van der Waals surface area contributed by atoms with Gasteiger partial charge in [0.1, 0.15) is 11.5 Å². The van der Waals surface area contributed by atoms with Crippen molar-refractivity contribution in [3.8, 4) is 5.75 Å². The monoisotopic (exact) mass is 387 g/mol. The Morgan fingerprint density at radius 2 is 2.05 bits per heavy atom. The first-order valence-corrected chi connectivity index (χ1v) is 7.56. The van der Waals surface area contributed by atoms with Gasteiger partial charge in [-0.1, -0.05) is 28.9 Å². The van der Waals surface area contributed by atoms with Crippen LogP contribution in [0, 0.1) is 0 Å². The molecule has 0 saturated carbocycles. The summed E-state index contributed by atoms with van der Waals surface area (Å²) in [4.78, 5) is 0. The maximum absolute atomic E-state index is 5.67. The van der Waals surface area contributed by atoms with Gasteiger partial charge < -0.3 is 14.5 Å². The number of methoxy groups -OCH3 is 1. The highest BCUT2D eigenvalue weighted by Crippen LogP contribution is 2.33. The van der Waals surface area contributed by atoms with Crippen LogP contribution in [0.3, 0.4) is 0 Å². The summed E-state index contributed by atoms with van der Waals surface area (Å²) in [5, 5.41) is 3.41. The van der Waals surface area contributed by atoms with Crippen LogP contribution in [0.4, 0.5) is 0 Å². The van der Waals surface area contributed by atoms with E-state index in [0.717, 1.165) is 32.8 Å². The van der Waals surface area contributed by atoms with Gasteiger partial charge in [0.05, 0.1) is 13.2 Å². The van der Waals surface area contributed by atoms with Crippen molar-refractivity contribution in [2.24, 2.45) is 0 Å². The Labute approximate surface area is 129 Å². The van der Waals surface area contributed by atoms with Crippen molar-refractivity contribution < 1.29 is 9.15 Å². The fraction of sp³-hybridized carbons (Fsp3) is 0.286. The van der Waals surface area contributed by atoms with Gasteiger partial charge in [-0.2, -0.15) is 0 Å². The highest BCUT2D eigenvalue weighted by Gasteiger charge is 2.20. The molecule has 2 rings (SSSR count). The molecule has 102 valence electrons. The van der Waals surface area contributed by atoms with Gasteiger partial charge in [-0.25, -0.2) is 0 Å². The van der Waals surface area contributed by atoms with Crippen molar-refractivity contribution >= 4 is 31.9 Å². The van der Waals surface area contributed by atoms with E-state index in [1.165, 1.54) is 0 Å². The second kappa shape index (κ2) is 6.59. The number of furan rings is 1. The molecule has 1 N–H and O–H groups in total. The molecule has 1 aromatic heterocycles. The van der Waals surface area contributed by atoms with Crippen LogP contribution < -0.4 is 10.1 Å². The molecule has 0 spiro atoms. The highest BCUT2D eigenvalue weighted by atomic mass is 79.9. The lowest BCUT2D eigenvalue weighted by Gasteiger charge is -2.19. The summed E-state index contributed by atoms with van der Waals surface area (Å²) in [5.41, 5.74) is 1.05. The predicted molar refractivity (Wildman–Crippen MR) is 82.6 cm³/mol. The first kappa shape index (κ1) is 14.6. The quantitative estimate of drug-likeness (QED) is 0.817. The number of hydrogen-bond donors (Lipinski definition) is 1. The van der Waals surface area contributed by atoms with Crippen LogP contribution in [0.25, 0.3) is 0 Å². The molecule has 2 aromatic rings. The minimum absolute atomic E-state index is 0.0284. The Balaban J connectivity index is 2.44. The van der Waals surface area contributed by atoms with E-state index in [9.17, 15) is 0 Å². The average Bonchev–Trinajstić information content (AvgIpc) is 2.82. The first-order chi connectivity index (χ1) is 9.15. The summed E-state index contributed by atoms with van der Waals surface area (Å²) in [6.45, 7) is 2.90. The number of halogens is 2. The smallest absolute Gasteiger partial charge is 0.169 e. The van der Waals surface area contributed by atoms with E-state index in [4.69, 9.17) is 9.15 Å². The molecule has 0 bridgehead atoms. The van der Waals surface area contributed by atoms with E-state index in [1.807, 2.05) is 30.3 Å². The van der Waals surface area contributed by atoms with Gasteiger partial charge in [0.2, 0.25) is 0 Å². The van der Waals surface area contributed by atoms with Gasteiger partial charge in [0, 0.05) is 10.0 Å². The maximum atomic E-state index is 5.67. The summed E-state index contributed by atoms with van der Waals surface area (Å²) < 4.78 is 12.8. The van der Waals surface area contributed by atoms with E-state index < -0.39 is 0 Å². The molecule has 0 aliphatic heterocycles. The molecule has 1 heterocycles. The Bertz CT molecular complexity index is 554. The van der Waals surface area contributed by atoms with Crippen LogP contribution >= 0.6 is 31.9 Å². The van der Waals surface area contributed by atoms with Crippen molar-refractivity contribution in [3.63, 3.8) is 0 Å². The minimum atomic E-state index is -0.0284. The highest BCUT2D eigenvalue weighted by molar-refractivity contribution is 9.10. The number of hydrogen-bond acceptors (Lipinski definition) is 3. The van der Waals surface area contributed by atoms with Gasteiger partial charge in [-0.3, -0.25) is 0 Å². The zero-order chi connectivity index (χ0) is 13.8. The molecule has 0 aliphatic rings. The molecule has 1 unspecified atom stereocenters. The summed E-state index contributed by atoms with van der Waals surface area (Å²) in [7, 11) is 1.67. The van der Waals surface area contributed by atoms with Gasteiger partial charge >= 0.3 is 0 Å². The third kappa shape index (κ3) is 3.41. The van der Waals surface area contributed by atoms with Crippen molar-refractivity contribution in [2.45, 2.75) is 13.0 Å². The van der Waals surface area contributed by atoms with Crippen molar-refractivity contribution in [3.05, 3.63) is 50.8 Å². The van der Waals surface area contributed by atoms with E-state index in [0.29, 0.717) is 0 Å². The van der Waals surface area contributed by atoms with Crippen LogP contribution in [-0.2, 0) is 0 Å². The topological polar surface area (TPSA) is 34.4 Å². The number of ether oxygens (including phenoxy) is 1. The maximum Gasteiger partial charge on any atom is 0.169 e. The van der Waals surface area contributed by atoms with Crippen molar-refractivity contribution in [2.75, 3.05) is 13.7 Å². The van der Waals surface area contributed by atoms with E-state index in [2.05, 4.69) is 44.1 Å². The van der Waals surface area contributed by atoms with Crippen LogP contribution in [0.1, 0.15) is 24.3 Å². The van der Waals surface area contributed by atoms with E-state index in [-0.39, 0.29) is 6.04 Å². The lowest BCUT2D eigenvalue weighted by atomic mass is 10.0. The summed E-state index contributed by atoms with van der Waals surface area (Å²) in [6, 6.07) is 9.81. The number of rotatable bonds is 5. The lowest BCUT2D eigenvalue weighted by molar-refractivity contribution is 0.391. The molecule has 0 aliphatic carbocycles. The zero-order valence-electron chi connectivity index (χ0n) is 10.7. The van der Waals surface area contributed by atoms with E-state index in [1.54, 1.807) is 7.11 Å². The summed E-state index contributed by atoms with van der Waals surface area (Å²) in [6.07, 6.45) is 0. The zero-order valence-corrected chi connectivity index (χ0v) is 13.9. The third-order valence-corrected chi connectivity index (χ3v) is 3.71. The third-order valence-electron chi connectivity index (χ3n) is 2.79. The summed E-state index contributed by atoms with van der Waals surface area (Å²) >= 11 is 6.79. The van der Waals surface area contributed by atoms with Crippen molar-refractivity contribution in [1.82, 2.24) is 5.32 Å². The standard InChI is InChI=1S/C14H15Br2NO2/c1-3-17-14(11-6-7-13(16)19-11)10-5-4-9(15)8-12(10)18-2/h4-8,14,17H,3H2,1-2H3. The number of nitrogens with one attached hydrogen (secondary N) is 1. The van der Waals surface area contributed by atoms with Crippen LogP contribution in [0.2, 0.25) is 0 Å². The summed E-state index contributed by atoms with van der Waals surface area (Å²) in [5.74, 6) is 1.68. The van der Waals surface area contributed by atoms with Gasteiger partial charge in [0.15, 0.2) is 4.67 Å². The van der Waals surface area contributed by atoms with Crippen LogP contribution in [-0.4, -0.2) is 13.7 Å². The fourth-order valence-corrected chi connectivity index (χ4v) is 2.63. The van der Waals surface area contributed by atoms with Gasteiger partial charge in [-0.15, -0.1) is 0 Å². The molecular formula is C14H15Br2NO2. The molecule has 19 heavy (non-hydrogen) atoms. The number of benzene rings is 1. The molecule has 3 nitrogen and oxygen atoms in total. The molecule has 0 amide bonds. The minimum Gasteiger partial charge on any atom is -0.496 e. The van der Waals surface area contributed by atoms with Crippen LogP contribution in [0.15, 0.2) is 43.9 Å². The predicted octanol–water partition coefficient (Wildman–Crippen LogP) is 4.51. The van der Waals surface area contributed by atoms with Crippen LogP contribution in [0.5, 0.6) is 5.75 Å². The second-order valence-electron chi connectivity index (χ2n) is 4.02. The SMILES string of the molecule is CCNC(c1ccc(Br)o1)c1ccc(Br)cc1OC. The second-order valence-corrected chi connectivity index (χ2v) is 5.72. The largest absolute Gasteiger partial charge is 0.496 e. The Hall–Kier alpha value is -0.780. The Morgan fingerprint density at radius 1 is 1.26 bits per heavy atom. The molecule has 0 radical (unpaired) electrons.